The van der Waals surface area contributed by atoms with E-state index in [1.165, 1.54) is 6.07 Å². The molecule has 24 heavy (non-hydrogen) atoms. The van der Waals surface area contributed by atoms with Crippen LogP contribution in [0.25, 0.3) is 10.9 Å². The average Bonchev–Trinajstić information content (AvgIpc) is 2.54. The number of ether oxygens (including phenoxy) is 1. The topological polar surface area (TPSA) is 78.1 Å². The molecular weight excluding hydrogens is 323 g/mol. The first-order valence-corrected chi connectivity index (χ1v) is 6.75. The third-order valence-corrected chi connectivity index (χ3v) is 3.20. The first-order valence-electron chi connectivity index (χ1n) is 6.75. The first kappa shape index (κ1) is 15.7. The van der Waals surface area contributed by atoms with Crippen molar-refractivity contribution in [1.82, 2.24) is 9.97 Å². The summed E-state index contributed by atoms with van der Waals surface area (Å²) in [5.41, 5.74) is 4.99. The SMILES string of the molecule is NC(=O)c1ccc2cc(Oc3ccc(C(F)(F)F)cn3)ccc2n1. The van der Waals surface area contributed by atoms with E-state index < -0.39 is 17.6 Å². The molecule has 0 atom stereocenters. The van der Waals surface area contributed by atoms with Crippen molar-refractivity contribution < 1.29 is 22.7 Å². The third kappa shape index (κ3) is 3.27. The number of carbonyl (C=O) groups excluding carboxylic acids is 1. The molecule has 0 spiro atoms. The summed E-state index contributed by atoms with van der Waals surface area (Å²) in [6, 6.07) is 9.97. The molecule has 0 aliphatic rings. The van der Waals surface area contributed by atoms with E-state index in [0.717, 1.165) is 12.1 Å². The van der Waals surface area contributed by atoms with Crippen LogP contribution >= 0.6 is 0 Å². The lowest BCUT2D eigenvalue weighted by atomic mass is 10.2. The molecule has 0 aliphatic carbocycles. The predicted molar refractivity (Wildman–Crippen MR) is 79.6 cm³/mol. The van der Waals surface area contributed by atoms with Crippen molar-refractivity contribution in [2.24, 2.45) is 5.73 Å². The van der Waals surface area contributed by atoms with E-state index in [4.69, 9.17) is 10.5 Å². The number of primary amides is 1. The summed E-state index contributed by atoms with van der Waals surface area (Å²) in [4.78, 5) is 18.8. The highest BCUT2D eigenvalue weighted by molar-refractivity contribution is 5.93. The van der Waals surface area contributed by atoms with Crippen LogP contribution in [-0.2, 0) is 6.18 Å². The number of hydrogen-bond acceptors (Lipinski definition) is 4. The van der Waals surface area contributed by atoms with Crippen molar-refractivity contribution in [3.63, 3.8) is 0 Å². The molecular formula is C16H10F3N3O2. The lowest BCUT2D eigenvalue weighted by molar-refractivity contribution is -0.137. The van der Waals surface area contributed by atoms with Crippen molar-refractivity contribution >= 4 is 16.8 Å². The molecule has 1 amide bonds. The number of benzene rings is 1. The van der Waals surface area contributed by atoms with E-state index in [2.05, 4.69) is 9.97 Å². The Balaban J connectivity index is 1.85. The number of rotatable bonds is 3. The van der Waals surface area contributed by atoms with Gasteiger partial charge in [0.1, 0.15) is 11.4 Å². The molecule has 0 bridgehead atoms. The zero-order valence-corrected chi connectivity index (χ0v) is 12.0. The van der Waals surface area contributed by atoms with E-state index >= 15 is 0 Å². The molecule has 0 aliphatic heterocycles. The lowest BCUT2D eigenvalue weighted by Gasteiger charge is -2.08. The molecule has 0 radical (unpaired) electrons. The van der Waals surface area contributed by atoms with Crippen LogP contribution in [0.4, 0.5) is 13.2 Å². The first-order chi connectivity index (χ1) is 11.3. The standard InChI is InChI=1S/C16H10F3N3O2/c17-16(18,19)10-2-6-14(21-8-10)24-11-3-5-12-9(7-11)1-4-13(22-12)15(20)23/h1-8H,(H2,20,23). The van der Waals surface area contributed by atoms with Crippen LogP contribution in [0.15, 0.2) is 48.7 Å². The number of fused-ring (bicyclic) bond motifs is 1. The second-order valence-corrected chi connectivity index (χ2v) is 4.90. The van der Waals surface area contributed by atoms with Gasteiger partial charge in [-0.25, -0.2) is 9.97 Å². The summed E-state index contributed by atoms with van der Waals surface area (Å²) < 4.78 is 42.9. The molecule has 122 valence electrons. The molecule has 2 N–H and O–H groups in total. The minimum atomic E-state index is -4.45. The van der Waals surface area contributed by atoms with Crippen LogP contribution in [0.1, 0.15) is 16.1 Å². The molecule has 3 rings (SSSR count). The molecule has 0 unspecified atom stereocenters. The van der Waals surface area contributed by atoms with Crippen LogP contribution in [0, 0.1) is 0 Å². The van der Waals surface area contributed by atoms with Crippen molar-refractivity contribution in [2.75, 3.05) is 0 Å². The highest BCUT2D eigenvalue weighted by atomic mass is 19.4. The summed E-state index contributed by atoms with van der Waals surface area (Å²) >= 11 is 0. The van der Waals surface area contributed by atoms with E-state index in [0.29, 0.717) is 22.8 Å². The molecule has 2 heterocycles. The summed E-state index contributed by atoms with van der Waals surface area (Å²) in [5, 5.41) is 0.685. The van der Waals surface area contributed by atoms with E-state index in [1.807, 2.05) is 0 Å². The van der Waals surface area contributed by atoms with Crippen molar-refractivity contribution in [2.45, 2.75) is 6.18 Å². The van der Waals surface area contributed by atoms with E-state index in [9.17, 15) is 18.0 Å². The Morgan fingerprint density at radius 1 is 1.08 bits per heavy atom. The van der Waals surface area contributed by atoms with Gasteiger partial charge in [-0.3, -0.25) is 4.79 Å². The van der Waals surface area contributed by atoms with Crippen LogP contribution in [0.2, 0.25) is 0 Å². The van der Waals surface area contributed by atoms with E-state index in [-0.39, 0.29) is 11.6 Å². The third-order valence-electron chi connectivity index (χ3n) is 3.20. The van der Waals surface area contributed by atoms with Gasteiger partial charge in [-0.05, 0) is 30.3 Å². The van der Waals surface area contributed by atoms with Crippen molar-refractivity contribution in [1.29, 1.82) is 0 Å². The number of halogens is 3. The number of hydrogen-bond donors (Lipinski definition) is 1. The second-order valence-electron chi connectivity index (χ2n) is 4.90. The summed E-state index contributed by atoms with van der Waals surface area (Å²) in [7, 11) is 0. The van der Waals surface area contributed by atoms with Gasteiger partial charge in [0.2, 0.25) is 5.88 Å². The Labute approximate surface area is 133 Å². The monoisotopic (exact) mass is 333 g/mol. The quantitative estimate of drug-likeness (QED) is 0.795. The zero-order chi connectivity index (χ0) is 17.3. The van der Waals surface area contributed by atoms with Crippen LogP contribution < -0.4 is 10.5 Å². The Morgan fingerprint density at radius 3 is 2.50 bits per heavy atom. The average molecular weight is 333 g/mol. The number of alkyl halides is 3. The number of amides is 1. The zero-order valence-electron chi connectivity index (χ0n) is 12.0. The number of aromatic nitrogens is 2. The molecule has 5 nitrogen and oxygen atoms in total. The van der Waals surface area contributed by atoms with Gasteiger partial charge in [0.25, 0.3) is 5.91 Å². The minimum Gasteiger partial charge on any atom is -0.439 e. The fourth-order valence-corrected chi connectivity index (χ4v) is 2.03. The smallest absolute Gasteiger partial charge is 0.417 e. The molecule has 0 fully saturated rings. The lowest BCUT2D eigenvalue weighted by Crippen LogP contribution is -2.12. The van der Waals surface area contributed by atoms with Crippen LogP contribution in [0.5, 0.6) is 11.6 Å². The van der Waals surface area contributed by atoms with E-state index in [1.54, 1.807) is 24.3 Å². The van der Waals surface area contributed by atoms with Gasteiger partial charge in [0.05, 0.1) is 11.1 Å². The highest BCUT2D eigenvalue weighted by Crippen LogP contribution is 2.30. The normalized spacial score (nSPS) is 11.5. The molecule has 3 aromatic rings. The molecule has 0 saturated heterocycles. The Bertz CT molecular complexity index is 909. The fraction of sp³-hybridized carbons (Fsp3) is 0.0625. The minimum absolute atomic E-state index is 0.0315. The van der Waals surface area contributed by atoms with Crippen molar-refractivity contribution in [3.8, 4) is 11.6 Å². The fourth-order valence-electron chi connectivity index (χ4n) is 2.03. The van der Waals surface area contributed by atoms with Crippen LogP contribution in [-0.4, -0.2) is 15.9 Å². The van der Waals surface area contributed by atoms with Gasteiger partial charge >= 0.3 is 6.18 Å². The number of carbonyl (C=O) groups is 1. The Kier molecular flexibility index (Phi) is 3.80. The maximum atomic E-state index is 12.5. The van der Waals surface area contributed by atoms with Crippen molar-refractivity contribution in [3.05, 3.63) is 59.9 Å². The predicted octanol–water partition coefficient (Wildman–Crippen LogP) is 3.54. The Morgan fingerprint density at radius 2 is 1.88 bits per heavy atom. The molecule has 2 aromatic heterocycles. The maximum absolute atomic E-state index is 12.5. The van der Waals surface area contributed by atoms with Gasteiger partial charge in [-0.1, -0.05) is 6.07 Å². The summed E-state index contributed by atoms with van der Waals surface area (Å²) in [6.07, 6.45) is -3.74. The molecule has 8 heteroatoms. The molecule has 1 aromatic carbocycles. The van der Waals surface area contributed by atoms with Crippen LogP contribution in [0.3, 0.4) is 0 Å². The van der Waals surface area contributed by atoms with Gasteiger partial charge in [-0.2, -0.15) is 13.2 Å². The number of nitrogens with zero attached hydrogens (tertiary/aromatic N) is 2. The Hall–Kier alpha value is -3.16. The number of nitrogens with two attached hydrogens (primary N) is 1. The summed E-state index contributed by atoms with van der Waals surface area (Å²) in [5.74, 6) is -0.223. The largest absolute Gasteiger partial charge is 0.439 e. The maximum Gasteiger partial charge on any atom is 0.417 e. The van der Waals surface area contributed by atoms with Gasteiger partial charge < -0.3 is 10.5 Å². The molecule has 0 saturated carbocycles. The highest BCUT2D eigenvalue weighted by Gasteiger charge is 2.30. The van der Waals surface area contributed by atoms with Gasteiger partial charge in [0.15, 0.2) is 0 Å². The van der Waals surface area contributed by atoms with Gasteiger partial charge in [0, 0.05) is 17.6 Å². The van der Waals surface area contributed by atoms with Gasteiger partial charge in [-0.15, -0.1) is 0 Å². The summed E-state index contributed by atoms with van der Waals surface area (Å²) in [6.45, 7) is 0. The number of pyridine rings is 2. The second kappa shape index (κ2) is 5.80.